The van der Waals surface area contributed by atoms with Crippen LogP contribution in [0, 0.1) is 6.92 Å². The lowest BCUT2D eigenvalue weighted by molar-refractivity contribution is -0.116. The van der Waals surface area contributed by atoms with Gasteiger partial charge >= 0.3 is 0 Å². The van der Waals surface area contributed by atoms with Crippen molar-refractivity contribution in [3.05, 3.63) is 71.1 Å². The molecule has 0 atom stereocenters. The summed E-state index contributed by atoms with van der Waals surface area (Å²) in [5.74, 6) is -0.386. The molecular weight excluding hydrogens is 324 g/mol. The molecule has 2 aromatic rings. The van der Waals surface area contributed by atoms with Crippen molar-refractivity contribution in [2.75, 3.05) is 18.9 Å². The Morgan fingerprint density at radius 1 is 1.08 bits per heavy atom. The molecule has 0 unspecified atom stereocenters. The number of anilines is 1. The number of nitrogens with one attached hydrogen (secondary N) is 1. The van der Waals surface area contributed by atoms with Crippen LogP contribution in [0.2, 0.25) is 0 Å². The molecule has 0 radical (unpaired) electrons. The highest BCUT2D eigenvalue weighted by atomic mass is 32.2. The molecule has 126 valence electrons. The predicted molar refractivity (Wildman–Crippen MR) is 96.8 cm³/mol. The third-order valence-electron chi connectivity index (χ3n) is 3.45. The summed E-state index contributed by atoms with van der Waals surface area (Å²) >= 11 is 0. The monoisotopic (exact) mass is 344 g/mol. The average molecular weight is 344 g/mol. The zero-order chi connectivity index (χ0) is 17.6. The maximum absolute atomic E-state index is 12.2. The SMILES string of the molecule is Cc1ccccc1NC(=O)CN(C)S(=O)(=O)/C=C/c1ccccc1. The fourth-order valence-electron chi connectivity index (χ4n) is 2.03. The van der Waals surface area contributed by atoms with Crippen molar-refractivity contribution in [3.8, 4) is 0 Å². The van der Waals surface area contributed by atoms with Crippen molar-refractivity contribution in [2.45, 2.75) is 6.92 Å². The Morgan fingerprint density at radius 2 is 1.71 bits per heavy atom. The minimum absolute atomic E-state index is 0.254. The second kappa shape index (κ2) is 7.90. The van der Waals surface area contributed by atoms with E-state index in [2.05, 4.69) is 5.32 Å². The van der Waals surface area contributed by atoms with E-state index in [1.165, 1.54) is 13.1 Å². The molecule has 0 aliphatic carbocycles. The number of sulfonamides is 1. The molecule has 0 fully saturated rings. The normalized spacial score (nSPS) is 11.8. The highest BCUT2D eigenvalue weighted by Gasteiger charge is 2.18. The van der Waals surface area contributed by atoms with Gasteiger partial charge in [-0.25, -0.2) is 8.42 Å². The molecule has 2 aromatic carbocycles. The van der Waals surface area contributed by atoms with E-state index in [0.717, 1.165) is 20.8 Å². The number of hydrogen-bond acceptors (Lipinski definition) is 3. The molecular formula is C18H20N2O3S. The van der Waals surface area contributed by atoms with Gasteiger partial charge in [-0.2, -0.15) is 4.31 Å². The number of likely N-dealkylation sites (N-methyl/N-ethyl adjacent to an activating group) is 1. The number of para-hydroxylation sites is 1. The molecule has 2 rings (SSSR count). The number of carbonyl (C=O) groups is 1. The van der Waals surface area contributed by atoms with Crippen LogP contribution in [-0.2, 0) is 14.8 Å². The third-order valence-corrected chi connectivity index (χ3v) is 4.93. The number of benzene rings is 2. The maximum atomic E-state index is 12.2. The third kappa shape index (κ3) is 5.04. The van der Waals surface area contributed by atoms with E-state index in [9.17, 15) is 13.2 Å². The van der Waals surface area contributed by atoms with Gasteiger partial charge in [0, 0.05) is 18.1 Å². The van der Waals surface area contributed by atoms with E-state index < -0.39 is 10.0 Å². The number of hydrogen-bond donors (Lipinski definition) is 1. The fourth-order valence-corrected chi connectivity index (χ4v) is 2.86. The predicted octanol–water partition coefficient (Wildman–Crippen LogP) is 2.87. The van der Waals surface area contributed by atoms with E-state index >= 15 is 0 Å². The summed E-state index contributed by atoms with van der Waals surface area (Å²) in [6.45, 7) is 1.62. The Kier molecular flexibility index (Phi) is 5.89. The Hall–Kier alpha value is -2.44. The molecule has 1 N–H and O–H groups in total. The van der Waals surface area contributed by atoms with Gasteiger partial charge in [0.05, 0.1) is 6.54 Å². The van der Waals surface area contributed by atoms with Crippen LogP contribution in [0.1, 0.15) is 11.1 Å². The summed E-state index contributed by atoms with van der Waals surface area (Å²) in [4.78, 5) is 12.1. The second-order valence-electron chi connectivity index (χ2n) is 5.38. The molecule has 1 amide bonds. The van der Waals surface area contributed by atoms with Crippen molar-refractivity contribution < 1.29 is 13.2 Å². The Labute approximate surface area is 142 Å². The summed E-state index contributed by atoms with van der Waals surface area (Å²) in [6.07, 6.45) is 1.51. The van der Waals surface area contributed by atoms with Gasteiger partial charge in [-0.15, -0.1) is 0 Å². The Bertz CT molecular complexity index is 830. The summed E-state index contributed by atoms with van der Waals surface area (Å²) in [6, 6.07) is 16.4. The Balaban J connectivity index is 2.00. The topological polar surface area (TPSA) is 66.5 Å². The van der Waals surface area contributed by atoms with Crippen LogP contribution < -0.4 is 5.32 Å². The number of amides is 1. The van der Waals surface area contributed by atoms with Gasteiger partial charge in [0.15, 0.2) is 0 Å². The number of rotatable bonds is 6. The van der Waals surface area contributed by atoms with Crippen molar-refractivity contribution >= 4 is 27.7 Å². The summed E-state index contributed by atoms with van der Waals surface area (Å²) in [7, 11) is -2.29. The van der Waals surface area contributed by atoms with E-state index in [1.807, 2.05) is 43.3 Å². The molecule has 0 aliphatic rings. The molecule has 0 bridgehead atoms. The molecule has 0 saturated carbocycles. The maximum Gasteiger partial charge on any atom is 0.239 e. The van der Waals surface area contributed by atoms with E-state index in [4.69, 9.17) is 0 Å². The molecule has 5 nitrogen and oxygen atoms in total. The standard InChI is InChI=1S/C18H20N2O3S/c1-15-8-6-7-11-17(15)19-18(21)14-20(2)24(22,23)13-12-16-9-4-3-5-10-16/h3-13H,14H2,1-2H3,(H,19,21)/b13-12+. The highest BCUT2D eigenvalue weighted by Crippen LogP contribution is 2.13. The van der Waals surface area contributed by atoms with Crippen LogP contribution in [-0.4, -0.2) is 32.2 Å². The summed E-state index contributed by atoms with van der Waals surface area (Å²) < 4.78 is 25.4. The summed E-state index contributed by atoms with van der Waals surface area (Å²) in [5.41, 5.74) is 2.37. The van der Waals surface area contributed by atoms with Crippen LogP contribution in [0.15, 0.2) is 60.0 Å². The molecule has 0 saturated heterocycles. The van der Waals surface area contributed by atoms with Crippen LogP contribution >= 0.6 is 0 Å². The van der Waals surface area contributed by atoms with Gasteiger partial charge in [0.1, 0.15) is 0 Å². The van der Waals surface area contributed by atoms with Crippen LogP contribution in [0.5, 0.6) is 0 Å². The molecule has 24 heavy (non-hydrogen) atoms. The largest absolute Gasteiger partial charge is 0.325 e. The average Bonchev–Trinajstić information content (AvgIpc) is 2.56. The first kappa shape index (κ1) is 17.9. The molecule has 0 spiro atoms. The van der Waals surface area contributed by atoms with Crippen molar-refractivity contribution in [2.24, 2.45) is 0 Å². The van der Waals surface area contributed by atoms with Gasteiger partial charge in [0.25, 0.3) is 0 Å². The lowest BCUT2D eigenvalue weighted by Crippen LogP contribution is -2.33. The van der Waals surface area contributed by atoms with Crippen LogP contribution in [0.3, 0.4) is 0 Å². The lowest BCUT2D eigenvalue weighted by Gasteiger charge is -2.15. The second-order valence-corrected chi connectivity index (χ2v) is 7.30. The number of nitrogens with zero attached hydrogens (tertiary/aromatic N) is 1. The first-order valence-electron chi connectivity index (χ1n) is 7.43. The molecule has 0 heterocycles. The summed E-state index contributed by atoms with van der Waals surface area (Å²) in [5, 5.41) is 3.82. The van der Waals surface area contributed by atoms with Crippen molar-refractivity contribution in [1.29, 1.82) is 0 Å². The van der Waals surface area contributed by atoms with Gasteiger partial charge < -0.3 is 5.32 Å². The van der Waals surface area contributed by atoms with Crippen molar-refractivity contribution in [1.82, 2.24) is 4.31 Å². The lowest BCUT2D eigenvalue weighted by atomic mass is 10.2. The van der Waals surface area contributed by atoms with Gasteiger partial charge in [-0.1, -0.05) is 48.5 Å². The molecule has 6 heteroatoms. The van der Waals surface area contributed by atoms with Gasteiger partial charge in [-0.05, 0) is 30.2 Å². The van der Waals surface area contributed by atoms with Crippen molar-refractivity contribution in [3.63, 3.8) is 0 Å². The van der Waals surface area contributed by atoms with Gasteiger partial charge in [-0.3, -0.25) is 4.79 Å². The first-order valence-corrected chi connectivity index (χ1v) is 8.94. The number of carbonyl (C=O) groups excluding carboxylic acids is 1. The zero-order valence-electron chi connectivity index (χ0n) is 13.6. The molecule has 0 aliphatic heterocycles. The zero-order valence-corrected chi connectivity index (χ0v) is 14.5. The van der Waals surface area contributed by atoms with E-state index in [-0.39, 0.29) is 12.5 Å². The van der Waals surface area contributed by atoms with E-state index in [0.29, 0.717) is 5.69 Å². The number of aryl methyl sites for hydroxylation is 1. The van der Waals surface area contributed by atoms with Crippen LogP contribution in [0.25, 0.3) is 6.08 Å². The van der Waals surface area contributed by atoms with Gasteiger partial charge in [0.2, 0.25) is 15.9 Å². The smallest absolute Gasteiger partial charge is 0.239 e. The quantitative estimate of drug-likeness (QED) is 0.876. The minimum atomic E-state index is -3.66. The highest BCUT2D eigenvalue weighted by molar-refractivity contribution is 7.92. The van der Waals surface area contributed by atoms with E-state index in [1.54, 1.807) is 18.2 Å². The Morgan fingerprint density at radius 3 is 2.38 bits per heavy atom. The first-order chi connectivity index (χ1) is 11.4. The minimum Gasteiger partial charge on any atom is -0.325 e. The molecule has 0 aromatic heterocycles. The van der Waals surface area contributed by atoms with Crippen LogP contribution in [0.4, 0.5) is 5.69 Å². The fraction of sp³-hybridized carbons (Fsp3) is 0.167.